The first-order valence-corrected chi connectivity index (χ1v) is 12.9. The van der Waals surface area contributed by atoms with Crippen LogP contribution in [0.4, 0.5) is 4.39 Å². The predicted octanol–water partition coefficient (Wildman–Crippen LogP) is 4.45. The molecule has 3 heterocycles. The maximum absolute atomic E-state index is 14.4. The lowest BCUT2D eigenvalue weighted by Crippen LogP contribution is -2.29. The van der Waals surface area contributed by atoms with Crippen LogP contribution in [-0.2, 0) is 14.6 Å². The molecule has 0 spiro atoms. The summed E-state index contributed by atoms with van der Waals surface area (Å²) >= 11 is 0. The molecule has 0 radical (unpaired) electrons. The summed E-state index contributed by atoms with van der Waals surface area (Å²) < 4.78 is 44.1. The number of imidazole rings is 1. The molecule has 35 heavy (non-hydrogen) atoms. The molecule has 0 aliphatic carbocycles. The number of nitrogens with zero attached hydrogens (tertiary/aromatic N) is 3. The van der Waals surface area contributed by atoms with E-state index in [-0.39, 0.29) is 23.8 Å². The van der Waals surface area contributed by atoms with E-state index in [1.54, 1.807) is 24.4 Å². The molecular weight excluding hydrogens is 471 g/mol. The molecule has 1 amide bonds. The van der Waals surface area contributed by atoms with Crippen molar-refractivity contribution in [3.05, 3.63) is 66.4 Å². The van der Waals surface area contributed by atoms with E-state index in [4.69, 9.17) is 4.74 Å². The Bertz CT molecular complexity index is 1500. The summed E-state index contributed by atoms with van der Waals surface area (Å²) in [5.74, 6) is 1.16. The molecule has 8 nitrogen and oxygen atoms in total. The number of carbonyl (C=O) groups is 1. The molecule has 1 fully saturated rings. The highest BCUT2D eigenvalue weighted by Gasteiger charge is 2.37. The zero-order valence-electron chi connectivity index (χ0n) is 19.1. The number of H-pyrrole nitrogens is 1. The number of likely N-dealkylation sites (tertiary alicyclic amines) is 1. The summed E-state index contributed by atoms with van der Waals surface area (Å²) in [6.07, 6.45) is 1.81. The molecule has 1 aliphatic heterocycles. The molecule has 5 rings (SSSR count). The number of pyridine rings is 1. The van der Waals surface area contributed by atoms with E-state index in [2.05, 4.69) is 15.0 Å². The van der Waals surface area contributed by atoms with Crippen LogP contribution in [0.2, 0.25) is 0 Å². The monoisotopic (exact) mass is 494 g/mol. The van der Waals surface area contributed by atoms with E-state index < -0.39 is 22.1 Å². The lowest BCUT2D eigenvalue weighted by Gasteiger charge is -2.25. The predicted molar refractivity (Wildman–Crippen MR) is 129 cm³/mol. The van der Waals surface area contributed by atoms with E-state index in [1.807, 2.05) is 24.3 Å². The highest BCUT2D eigenvalue weighted by atomic mass is 32.2. The average Bonchev–Trinajstić information content (AvgIpc) is 3.42. The number of halogens is 1. The number of carbonyl (C=O) groups excluding carboxylic acids is 1. The fourth-order valence-electron chi connectivity index (χ4n) is 4.34. The lowest BCUT2D eigenvalue weighted by molar-refractivity contribution is -0.129. The van der Waals surface area contributed by atoms with Crippen LogP contribution in [0, 0.1) is 0 Å². The second-order valence-electron chi connectivity index (χ2n) is 8.57. The number of amides is 1. The van der Waals surface area contributed by atoms with Gasteiger partial charge in [-0.1, -0.05) is 6.07 Å². The normalized spacial score (nSPS) is 18.2. The van der Waals surface area contributed by atoms with Crippen LogP contribution in [0.3, 0.4) is 0 Å². The van der Waals surface area contributed by atoms with Crippen molar-refractivity contribution in [2.45, 2.75) is 30.5 Å². The van der Waals surface area contributed by atoms with Gasteiger partial charge in [0.25, 0.3) is 0 Å². The smallest absolute Gasteiger partial charge is 0.220 e. The second kappa shape index (κ2) is 8.77. The van der Waals surface area contributed by atoms with Crippen LogP contribution in [-0.4, -0.2) is 53.1 Å². The minimum absolute atomic E-state index is 0.0166. The molecule has 0 saturated carbocycles. The van der Waals surface area contributed by atoms with Crippen molar-refractivity contribution >= 4 is 26.8 Å². The number of hydrogen-bond acceptors (Lipinski definition) is 6. The van der Waals surface area contributed by atoms with Crippen molar-refractivity contribution in [2.24, 2.45) is 0 Å². The van der Waals surface area contributed by atoms with Crippen molar-refractivity contribution in [3.63, 3.8) is 0 Å². The van der Waals surface area contributed by atoms with Crippen molar-refractivity contribution in [1.82, 2.24) is 19.9 Å². The van der Waals surface area contributed by atoms with Gasteiger partial charge in [-0.3, -0.25) is 9.78 Å². The van der Waals surface area contributed by atoms with Gasteiger partial charge in [-0.25, -0.2) is 17.8 Å². The topological polar surface area (TPSA) is 105 Å². The second-order valence-corrected chi connectivity index (χ2v) is 10.6. The van der Waals surface area contributed by atoms with Crippen LogP contribution in [0.1, 0.15) is 24.9 Å². The van der Waals surface area contributed by atoms with Gasteiger partial charge in [0.15, 0.2) is 15.7 Å². The Balaban J connectivity index is 1.60. The quantitative estimate of drug-likeness (QED) is 0.439. The zero-order valence-corrected chi connectivity index (χ0v) is 19.9. The Hall–Kier alpha value is -3.79. The minimum atomic E-state index is -3.35. The van der Waals surface area contributed by atoms with Crippen LogP contribution >= 0.6 is 0 Å². The molecule has 2 atom stereocenters. The molecule has 1 N–H and O–H groups in total. The molecule has 1 saturated heterocycles. The number of hydrogen-bond donors (Lipinski definition) is 1. The molecule has 4 aromatic rings. The number of ether oxygens (including phenoxy) is 1. The number of rotatable bonds is 5. The minimum Gasteiger partial charge on any atom is -0.457 e. The van der Waals surface area contributed by atoms with Gasteiger partial charge in [0.1, 0.15) is 23.4 Å². The SMILES string of the molecule is CC(=O)N1C[C@H](F)C[C@@H]1c1cc2[nH]c(-c3ccccn3)nc2cc1Oc1ccc(S(C)(=O)=O)cc1. The highest BCUT2D eigenvalue weighted by Crippen LogP contribution is 2.41. The van der Waals surface area contributed by atoms with Gasteiger partial charge in [0.05, 0.1) is 28.5 Å². The summed E-state index contributed by atoms with van der Waals surface area (Å²) in [7, 11) is -3.35. The van der Waals surface area contributed by atoms with Gasteiger partial charge in [-0.05, 0) is 42.5 Å². The van der Waals surface area contributed by atoms with E-state index in [0.717, 1.165) is 6.26 Å². The first-order valence-electron chi connectivity index (χ1n) is 11.0. The van der Waals surface area contributed by atoms with Gasteiger partial charge >= 0.3 is 0 Å². The van der Waals surface area contributed by atoms with E-state index in [9.17, 15) is 17.6 Å². The van der Waals surface area contributed by atoms with Gasteiger partial charge in [0, 0.05) is 37.4 Å². The number of sulfone groups is 1. The van der Waals surface area contributed by atoms with E-state index >= 15 is 0 Å². The maximum Gasteiger partial charge on any atom is 0.220 e. The molecule has 0 bridgehead atoms. The van der Waals surface area contributed by atoms with Crippen molar-refractivity contribution < 1.29 is 22.3 Å². The lowest BCUT2D eigenvalue weighted by atomic mass is 10.0. The summed E-state index contributed by atoms with van der Waals surface area (Å²) in [5.41, 5.74) is 2.61. The van der Waals surface area contributed by atoms with Crippen molar-refractivity contribution in [1.29, 1.82) is 0 Å². The fraction of sp³-hybridized carbons (Fsp3) is 0.240. The van der Waals surface area contributed by atoms with Gasteiger partial charge < -0.3 is 14.6 Å². The number of benzene rings is 2. The first-order chi connectivity index (χ1) is 16.7. The standard InChI is InChI=1S/C25H23FN4O4S/c1-15(31)30-14-16(26)11-23(30)19-12-21-22(29-25(28-21)20-5-3-4-10-27-20)13-24(19)34-17-6-8-18(9-7-17)35(2,32)33/h3-10,12-13,16,23H,11,14H2,1-2H3,(H,28,29)/t16-,23-/m1/s1. The highest BCUT2D eigenvalue weighted by molar-refractivity contribution is 7.90. The number of aromatic amines is 1. The third-order valence-corrected chi connectivity index (χ3v) is 7.14. The van der Waals surface area contributed by atoms with Crippen LogP contribution in [0.5, 0.6) is 11.5 Å². The fourth-order valence-corrected chi connectivity index (χ4v) is 4.97. The van der Waals surface area contributed by atoms with Gasteiger partial charge in [-0.15, -0.1) is 0 Å². The molecule has 10 heteroatoms. The maximum atomic E-state index is 14.4. The zero-order chi connectivity index (χ0) is 24.7. The van der Waals surface area contributed by atoms with E-state index in [1.165, 1.54) is 24.0 Å². The number of fused-ring (bicyclic) bond motifs is 1. The number of nitrogens with one attached hydrogen (secondary N) is 1. The number of aromatic nitrogens is 3. The Morgan fingerprint density at radius 2 is 1.94 bits per heavy atom. The molecular formula is C25H23FN4O4S. The van der Waals surface area contributed by atoms with Crippen LogP contribution in [0.25, 0.3) is 22.6 Å². The largest absolute Gasteiger partial charge is 0.457 e. The van der Waals surface area contributed by atoms with Crippen molar-refractivity contribution in [3.8, 4) is 23.0 Å². The summed E-state index contributed by atoms with van der Waals surface area (Å²) in [6, 6.07) is 14.6. The summed E-state index contributed by atoms with van der Waals surface area (Å²) in [4.78, 5) is 26.2. The molecule has 2 aromatic carbocycles. The van der Waals surface area contributed by atoms with Crippen molar-refractivity contribution in [2.75, 3.05) is 12.8 Å². The van der Waals surface area contributed by atoms with E-state index in [0.29, 0.717) is 39.6 Å². The Kier molecular flexibility index (Phi) is 5.76. The molecule has 0 unspecified atom stereocenters. The summed E-state index contributed by atoms with van der Waals surface area (Å²) in [5, 5.41) is 0. The average molecular weight is 495 g/mol. The van der Waals surface area contributed by atoms with Crippen LogP contribution < -0.4 is 4.74 Å². The Labute approximate surface area is 201 Å². The van der Waals surface area contributed by atoms with Gasteiger partial charge in [-0.2, -0.15) is 0 Å². The molecule has 180 valence electrons. The first kappa shape index (κ1) is 23.0. The Morgan fingerprint density at radius 3 is 2.60 bits per heavy atom. The van der Waals surface area contributed by atoms with Crippen LogP contribution in [0.15, 0.2) is 65.7 Å². The Morgan fingerprint density at radius 1 is 1.17 bits per heavy atom. The third-order valence-electron chi connectivity index (χ3n) is 6.01. The van der Waals surface area contributed by atoms with Gasteiger partial charge in [0.2, 0.25) is 5.91 Å². The number of alkyl halides is 1. The molecule has 2 aromatic heterocycles. The molecule has 1 aliphatic rings. The third kappa shape index (κ3) is 4.61. The summed E-state index contributed by atoms with van der Waals surface area (Å²) in [6.45, 7) is 1.44.